The van der Waals surface area contributed by atoms with E-state index in [1.54, 1.807) is 23.1 Å². The number of hydrogen-bond donors (Lipinski definition) is 1. The van der Waals surface area contributed by atoms with Crippen molar-refractivity contribution < 1.29 is 19.1 Å². The quantitative estimate of drug-likeness (QED) is 0.512. The highest BCUT2D eigenvalue weighted by Gasteiger charge is 2.23. The second-order valence-corrected chi connectivity index (χ2v) is 7.08. The largest absolute Gasteiger partial charge is 0.454 e. The molecule has 0 aliphatic carbocycles. The molecule has 30 heavy (non-hydrogen) atoms. The Balaban J connectivity index is 1.71. The van der Waals surface area contributed by atoms with E-state index < -0.39 is 35.2 Å². The van der Waals surface area contributed by atoms with E-state index >= 15 is 0 Å². The number of carbonyl (C=O) groups is 3. The summed E-state index contributed by atoms with van der Waals surface area (Å²) < 4.78 is 6.78. The molecule has 1 amide bonds. The Kier molecular flexibility index (Phi) is 5.86. The van der Waals surface area contributed by atoms with Gasteiger partial charge < -0.3 is 15.4 Å². The fraction of sp³-hybridized carbons (Fsp3) is 0.350. The minimum absolute atomic E-state index is 0.0741. The summed E-state index contributed by atoms with van der Waals surface area (Å²) in [6.45, 7) is 0.368. The van der Waals surface area contributed by atoms with Crippen molar-refractivity contribution in [1.82, 2.24) is 14.0 Å². The summed E-state index contributed by atoms with van der Waals surface area (Å²) in [7, 11) is 2.56. The molecule has 158 valence electrons. The Labute approximate surface area is 171 Å². The molecule has 10 nitrogen and oxygen atoms in total. The number of amides is 1. The zero-order chi connectivity index (χ0) is 22.0. The predicted molar refractivity (Wildman–Crippen MR) is 107 cm³/mol. The van der Waals surface area contributed by atoms with Crippen LogP contribution in [0.3, 0.4) is 0 Å². The molecule has 2 aromatic rings. The van der Waals surface area contributed by atoms with Gasteiger partial charge in [-0.1, -0.05) is 12.1 Å². The van der Waals surface area contributed by atoms with Gasteiger partial charge in [0.1, 0.15) is 11.4 Å². The number of ketones is 1. The summed E-state index contributed by atoms with van der Waals surface area (Å²) in [5.74, 6) is -1.78. The average Bonchev–Trinajstić information content (AvgIpc) is 3.13. The highest BCUT2D eigenvalue weighted by molar-refractivity contribution is 6.02. The zero-order valence-electron chi connectivity index (χ0n) is 16.7. The van der Waals surface area contributed by atoms with Crippen molar-refractivity contribution in [3.8, 4) is 0 Å². The van der Waals surface area contributed by atoms with Crippen LogP contribution >= 0.6 is 0 Å². The van der Waals surface area contributed by atoms with Gasteiger partial charge in [-0.2, -0.15) is 0 Å². The third kappa shape index (κ3) is 4.02. The van der Waals surface area contributed by atoms with Gasteiger partial charge in [0.25, 0.3) is 5.56 Å². The van der Waals surface area contributed by atoms with E-state index in [2.05, 4.69) is 0 Å². The number of hydrogen-bond acceptors (Lipinski definition) is 7. The maximum Gasteiger partial charge on any atom is 0.338 e. The summed E-state index contributed by atoms with van der Waals surface area (Å²) in [6, 6.07) is 6.58. The Bertz CT molecular complexity index is 1150. The number of benzene rings is 1. The molecule has 3 rings (SSSR count). The van der Waals surface area contributed by atoms with E-state index in [9.17, 15) is 24.0 Å². The fourth-order valence-corrected chi connectivity index (χ4v) is 3.30. The monoisotopic (exact) mass is 414 g/mol. The van der Waals surface area contributed by atoms with Crippen molar-refractivity contribution in [2.45, 2.75) is 19.4 Å². The van der Waals surface area contributed by atoms with Crippen LogP contribution in [-0.4, -0.2) is 44.8 Å². The summed E-state index contributed by atoms with van der Waals surface area (Å²) >= 11 is 0. The van der Waals surface area contributed by atoms with Crippen LogP contribution in [0, 0.1) is 0 Å². The lowest BCUT2D eigenvalue weighted by atomic mass is 10.1. The Morgan fingerprint density at radius 3 is 2.53 bits per heavy atom. The first-order valence-corrected chi connectivity index (χ1v) is 9.33. The van der Waals surface area contributed by atoms with Crippen LogP contribution in [0.2, 0.25) is 0 Å². The number of esters is 1. The molecule has 0 spiro atoms. The zero-order valence-corrected chi connectivity index (χ0v) is 16.7. The number of nitrogens with two attached hydrogens (primary N) is 1. The molecule has 0 saturated carbocycles. The van der Waals surface area contributed by atoms with Gasteiger partial charge in [-0.3, -0.25) is 23.5 Å². The van der Waals surface area contributed by atoms with E-state index in [1.807, 2.05) is 0 Å². The number of nitrogens with zero attached hydrogens (tertiary/aromatic N) is 3. The first kappa shape index (κ1) is 21.0. The van der Waals surface area contributed by atoms with Gasteiger partial charge in [0.05, 0.1) is 5.56 Å². The molecule has 0 bridgehead atoms. The van der Waals surface area contributed by atoms with Crippen LogP contribution in [0.4, 0.5) is 5.82 Å². The smallest absolute Gasteiger partial charge is 0.338 e. The molecule has 1 aromatic heterocycles. The predicted octanol–water partition coefficient (Wildman–Crippen LogP) is -0.172. The standard InChI is InChI=1S/C20H22N4O6/c1-22-17(21)16(18(27)23(2)20(22)29)14(25)11-30-19(28)13-6-3-5-12(9-13)10-24-8-4-7-15(24)26/h3,5-6,9H,4,7-8,10-11,21H2,1-2H3. The molecule has 0 unspecified atom stereocenters. The topological polar surface area (TPSA) is 134 Å². The molecule has 0 atom stereocenters. The molecule has 1 aliphatic rings. The van der Waals surface area contributed by atoms with Gasteiger partial charge in [-0.05, 0) is 24.1 Å². The number of anilines is 1. The highest BCUT2D eigenvalue weighted by Crippen LogP contribution is 2.16. The van der Waals surface area contributed by atoms with Gasteiger partial charge in [0.2, 0.25) is 11.7 Å². The van der Waals surface area contributed by atoms with E-state index in [0.29, 0.717) is 19.5 Å². The first-order chi connectivity index (χ1) is 14.2. The second kappa shape index (κ2) is 8.36. The molecular weight excluding hydrogens is 392 g/mol. The lowest BCUT2D eigenvalue weighted by Gasteiger charge is -2.16. The Hall–Kier alpha value is -3.69. The van der Waals surface area contributed by atoms with E-state index in [0.717, 1.165) is 21.1 Å². The van der Waals surface area contributed by atoms with E-state index in [1.165, 1.54) is 20.2 Å². The van der Waals surface area contributed by atoms with Crippen molar-refractivity contribution in [2.75, 3.05) is 18.9 Å². The molecule has 1 aliphatic heterocycles. The Morgan fingerprint density at radius 1 is 1.13 bits per heavy atom. The molecule has 2 heterocycles. The summed E-state index contributed by atoms with van der Waals surface area (Å²) in [6.07, 6.45) is 1.34. The van der Waals surface area contributed by atoms with E-state index in [4.69, 9.17) is 10.5 Å². The van der Waals surface area contributed by atoms with Crippen LogP contribution < -0.4 is 17.0 Å². The number of nitrogen functional groups attached to an aromatic ring is 1. The van der Waals surface area contributed by atoms with Crippen LogP contribution in [0.15, 0.2) is 33.9 Å². The van der Waals surface area contributed by atoms with Crippen LogP contribution in [0.1, 0.15) is 39.1 Å². The number of carbonyl (C=O) groups excluding carboxylic acids is 3. The van der Waals surface area contributed by atoms with Crippen molar-refractivity contribution in [2.24, 2.45) is 14.1 Å². The van der Waals surface area contributed by atoms with Crippen molar-refractivity contribution in [3.05, 3.63) is 61.8 Å². The molecule has 1 saturated heterocycles. The van der Waals surface area contributed by atoms with Crippen molar-refractivity contribution in [1.29, 1.82) is 0 Å². The molecule has 1 aromatic carbocycles. The van der Waals surface area contributed by atoms with E-state index in [-0.39, 0.29) is 17.3 Å². The SMILES string of the molecule is Cn1c(N)c(C(=O)COC(=O)c2cccc(CN3CCCC3=O)c2)c(=O)n(C)c1=O. The number of aromatic nitrogens is 2. The Morgan fingerprint density at radius 2 is 1.87 bits per heavy atom. The highest BCUT2D eigenvalue weighted by atomic mass is 16.5. The maximum absolute atomic E-state index is 12.4. The minimum Gasteiger partial charge on any atom is -0.454 e. The van der Waals surface area contributed by atoms with Gasteiger partial charge >= 0.3 is 11.7 Å². The van der Waals surface area contributed by atoms with Crippen LogP contribution in [-0.2, 0) is 30.2 Å². The average molecular weight is 414 g/mol. The van der Waals surface area contributed by atoms with Crippen molar-refractivity contribution >= 4 is 23.5 Å². The first-order valence-electron chi connectivity index (χ1n) is 9.33. The third-order valence-corrected chi connectivity index (χ3v) is 5.03. The number of ether oxygens (including phenoxy) is 1. The molecule has 0 radical (unpaired) electrons. The molecular formula is C20H22N4O6. The normalized spacial score (nSPS) is 13.5. The molecule has 10 heteroatoms. The molecule has 1 fully saturated rings. The third-order valence-electron chi connectivity index (χ3n) is 5.03. The van der Waals surface area contributed by atoms with Gasteiger partial charge in [0, 0.05) is 33.6 Å². The second-order valence-electron chi connectivity index (χ2n) is 7.08. The van der Waals surface area contributed by atoms with Crippen LogP contribution in [0.5, 0.6) is 0 Å². The van der Waals surface area contributed by atoms with Crippen LogP contribution in [0.25, 0.3) is 0 Å². The summed E-state index contributed by atoms with van der Waals surface area (Å²) in [4.78, 5) is 62.4. The number of likely N-dealkylation sites (tertiary alicyclic amines) is 1. The fourth-order valence-electron chi connectivity index (χ4n) is 3.30. The minimum atomic E-state index is -0.853. The number of rotatable bonds is 6. The van der Waals surface area contributed by atoms with Gasteiger partial charge in [0.15, 0.2) is 6.61 Å². The van der Waals surface area contributed by atoms with Crippen molar-refractivity contribution in [3.63, 3.8) is 0 Å². The maximum atomic E-state index is 12.4. The summed E-state index contributed by atoms with van der Waals surface area (Å²) in [5.41, 5.74) is 4.79. The lowest BCUT2D eigenvalue weighted by molar-refractivity contribution is -0.128. The lowest BCUT2D eigenvalue weighted by Crippen LogP contribution is -2.42. The molecule has 2 N–H and O–H groups in total. The van der Waals surface area contributed by atoms with Gasteiger partial charge in [-0.25, -0.2) is 9.59 Å². The number of Topliss-reactive ketones (excluding diaryl/α,β-unsaturated/α-hetero) is 1. The summed E-state index contributed by atoms with van der Waals surface area (Å²) in [5, 5.41) is 0. The van der Waals surface area contributed by atoms with Gasteiger partial charge in [-0.15, -0.1) is 0 Å².